The molecule has 1 N–H and O–H groups in total. The van der Waals surface area contributed by atoms with Gasteiger partial charge in [0.05, 0.1) is 10.6 Å². The Kier molecular flexibility index (Phi) is 3.26. The fraction of sp³-hybridized carbons (Fsp3) is 0.455. The van der Waals surface area contributed by atoms with Crippen LogP contribution in [0, 0.1) is 5.92 Å². The van der Waals surface area contributed by atoms with Gasteiger partial charge in [-0.3, -0.25) is 0 Å². The number of hydrogen-bond acceptors (Lipinski definition) is 3. The molecule has 80 valence electrons. The minimum absolute atomic E-state index is 0.320. The number of carboxylic acid groups (broad SMARTS) is 1. The number of thioether (sulfide) groups is 1. The highest BCUT2D eigenvalue weighted by Gasteiger charge is 2.17. The van der Waals surface area contributed by atoms with Crippen LogP contribution in [0.1, 0.15) is 29.6 Å². The van der Waals surface area contributed by atoms with E-state index < -0.39 is 5.97 Å². The van der Waals surface area contributed by atoms with E-state index in [9.17, 15) is 4.79 Å². The molecule has 0 spiro atoms. The van der Waals surface area contributed by atoms with Crippen molar-refractivity contribution in [3.63, 3.8) is 0 Å². The Morgan fingerprint density at radius 2 is 2.40 bits per heavy atom. The van der Waals surface area contributed by atoms with Crippen molar-refractivity contribution in [2.45, 2.75) is 24.3 Å². The average molecular weight is 223 g/mol. The van der Waals surface area contributed by atoms with Gasteiger partial charge in [-0.2, -0.15) is 0 Å². The maximum Gasteiger partial charge on any atom is 0.335 e. The third-order valence-electron chi connectivity index (χ3n) is 2.67. The van der Waals surface area contributed by atoms with E-state index in [1.165, 1.54) is 25.3 Å². The number of rotatable bonds is 4. The van der Waals surface area contributed by atoms with E-state index in [1.807, 2.05) is 0 Å². The molecule has 0 atom stereocenters. The average Bonchev–Trinajstić information content (AvgIpc) is 2.16. The summed E-state index contributed by atoms with van der Waals surface area (Å²) < 4.78 is 0. The third kappa shape index (κ3) is 2.72. The Bertz CT molecular complexity index is 363. The summed E-state index contributed by atoms with van der Waals surface area (Å²) in [5, 5.41) is 9.63. The van der Waals surface area contributed by atoms with Crippen LogP contribution in [-0.4, -0.2) is 21.8 Å². The highest BCUT2D eigenvalue weighted by molar-refractivity contribution is 7.99. The van der Waals surface area contributed by atoms with Crippen LogP contribution >= 0.6 is 11.8 Å². The first kappa shape index (κ1) is 10.5. The maximum atomic E-state index is 10.7. The predicted molar refractivity (Wildman–Crippen MR) is 59.3 cm³/mol. The summed E-state index contributed by atoms with van der Waals surface area (Å²) in [6, 6.07) is 3.17. The summed E-state index contributed by atoms with van der Waals surface area (Å²) in [5.41, 5.74) is 0.320. The van der Waals surface area contributed by atoms with Gasteiger partial charge in [-0.05, 0) is 30.9 Å². The van der Waals surface area contributed by atoms with Crippen LogP contribution in [0.2, 0.25) is 0 Å². The smallest absolute Gasteiger partial charge is 0.335 e. The number of aromatic nitrogens is 1. The molecule has 1 saturated carbocycles. The lowest BCUT2D eigenvalue weighted by molar-refractivity contribution is 0.0696. The van der Waals surface area contributed by atoms with Crippen molar-refractivity contribution in [3.8, 4) is 0 Å². The van der Waals surface area contributed by atoms with E-state index in [-0.39, 0.29) is 0 Å². The van der Waals surface area contributed by atoms with E-state index in [1.54, 1.807) is 24.0 Å². The largest absolute Gasteiger partial charge is 0.478 e. The van der Waals surface area contributed by atoms with Crippen LogP contribution in [-0.2, 0) is 0 Å². The zero-order valence-electron chi connectivity index (χ0n) is 8.35. The summed E-state index contributed by atoms with van der Waals surface area (Å²) in [4.78, 5) is 14.9. The predicted octanol–water partition coefficient (Wildman–Crippen LogP) is 2.67. The van der Waals surface area contributed by atoms with Gasteiger partial charge in [0.2, 0.25) is 0 Å². The van der Waals surface area contributed by atoms with E-state index >= 15 is 0 Å². The van der Waals surface area contributed by atoms with Gasteiger partial charge in [-0.25, -0.2) is 9.78 Å². The number of carboxylic acids is 1. The standard InChI is InChI=1S/C11H13NO2S/c13-11(14)9-4-5-12-10(6-9)15-7-8-2-1-3-8/h4-6,8H,1-3,7H2,(H,13,14). The minimum Gasteiger partial charge on any atom is -0.478 e. The lowest BCUT2D eigenvalue weighted by atomic mass is 9.87. The van der Waals surface area contributed by atoms with Crippen molar-refractivity contribution in [1.29, 1.82) is 0 Å². The molecule has 1 aliphatic carbocycles. The van der Waals surface area contributed by atoms with Crippen LogP contribution in [0.4, 0.5) is 0 Å². The molecule has 1 aromatic rings. The number of aromatic carboxylic acids is 1. The third-order valence-corrected chi connectivity index (χ3v) is 3.83. The van der Waals surface area contributed by atoms with E-state index in [2.05, 4.69) is 4.98 Å². The summed E-state index contributed by atoms with van der Waals surface area (Å²) in [7, 11) is 0. The molecular formula is C11H13NO2S. The van der Waals surface area contributed by atoms with Crippen LogP contribution in [0.5, 0.6) is 0 Å². The Labute approximate surface area is 92.9 Å². The minimum atomic E-state index is -0.886. The van der Waals surface area contributed by atoms with Crippen molar-refractivity contribution in [3.05, 3.63) is 23.9 Å². The van der Waals surface area contributed by atoms with E-state index in [4.69, 9.17) is 5.11 Å². The highest BCUT2D eigenvalue weighted by atomic mass is 32.2. The lowest BCUT2D eigenvalue weighted by Crippen LogP contribution is -2.13. The second kappa shape index (κ2) is 4.66. The molecule has 1 fully saturated rings. The first-order valence-electron chi connectivity index (χ1n) is 5.08. The van der Waals surface area contributed by atoms with Gasteiger partial charge in [-0.15, -0.1) is 11.8 Å². The SMILES string of the molecule is O=C(O)c1ccnc(SCC2CCC2)c1. The highest BCUT2D eigenvalue weighted by Crippen LogP contribution is 2.31. The van der Waals surface area contributed by atoms with Crippen LogP contribution < -0.4 is 0 Å². The summed E-state index contributed by atoms with van der Waals surface area (Å²) in [6.45, 7) is 0. The van der Waals surface area contributed by atoms with E-state index in [0.29, 0.717) is 5.56 Å². The van der Waals surface area contributed by atoms with Crippen molar-refractivity contribution in [1.82, 2.24) is 4.98 Å². The Balaban J connectivity index is 1.94. The molecule has 2 rings (SSSR count). The molecule has 0 bridgehead atoms. The first-order chi connectivity index (χ1) is 7.25. The summed E-state index contributed by atoms with van der Waals surface area (Å²) in [6.07, 6.45) is 5.53. The Hall–Kier alpha value is -1.03. The fourth-order valence-electron chi connectivity index (χ4n) is 1.48. The van der Waals surface area contributed by atoms with Gasteiger partial charge in [-0.1, -0.05) is 6.42 Å². The fourth-order valence-corrected chi connectivity index (χ4v) is 2.57. The first-order valence-corrected chi connectivity index (χ1v) is 6.06. The quantitative estimate of drug-likeness (QED) is 0.797. The maximum absolute atomic E-state index is 10.7. The van der Waals surface area contributed by atoms with Crippen molar-refractivity contribution in [2.75, 3.05) is 5.75 Å². The van der Waals surface area contributed by atoms with Crippen molar-refractivity contribution < 1.29 is 9.90 Å². The molecule has 0 radical (unpaired) electrons. The Morgan fingerprint density at radius 1 is 1.60 bits per heavy atom. The number of hydrogen-bond donors (Lipinski definition) is 1. The molecular weight excluding hydrogens is 210 g/mol. The number of carbonyl (C=O) groups is 1. The summed E-state index contributed by atoms with van der Waals surface area (Å²) in [5.74, 6) is 0.990. The normalized spacial score (nSPS) is 16.0. The zero-order chi connectivity index (χ0) is 10.7. The van der Waals surface area contributed by atoms with Gasteiger partial charge >= 0.3 is 5.97 Å². The second-order valence-electron chi connectivity index (χ2n) is 3.80. The number of nitrogens with zero attached hydrogens (tertiary/aromatic N) is 1. The second-order valence-corrected chi connectivity index (χ2v) is 4.84. The molecule has 15 heavy (non-hydrogen) atoms. The van der Waals surface area contributed by atoms with Crippen LogP contribution in [0.25, 0.3) is 0 Å². The Morgan fingerprint density at radius 3 is 3.00 bits per heavy atom. The topological polar surface area (TPSA) is 50.2 Å². The van der Waals surface area contributed by atoms with Gasteiger partial charge in [0.25, 0.3) is 0 Å². The van der Waals surface area contributed by atoms with E-state index in [0.717, 1.165) is 16.7 Å². The molecule has 0 aromatic carbocycles. The molecule has 4 heteroatoms. The molecule has 0 unspecified atom stereocenters. The molecule has 1 heterocycles. The van der Waals surface area contributed by atoms with Crippen LogP contribution in [0.3, 0.4) is 0 Å². The molecule has 1 aromatic heterocycles. The van der Waals surface area contributed by atoms with Gasteiger partial charge in [0.15, 0.2) is 0 Å². The lowest BCUT2D eigenvalue weighted by Gasteiger charge is -2.24. The van der Waals surface area contributed by atoms with Gasteiger partial charge in [0, 0.05) is 11.9 Å². The molecule has 1 aliphatic rings. The molecule has 3 nitrogen and oxygen atoms in total. The molecule has 0 saturated heterocycles. The number of pyridine rings is 1. The van der Waals surface area contributed by atoms with Gasteiger partial charge in [0.1, 0.15) is 0 Å². The molecule has 0 amide bonds. The molecule has 0 aliphatic heterocycles. The van der Waals surface area contributed by atoms with Crippen molar-refractivity contribution in [2.24, 2.45) is 5.92 Å². The summed E-state index contributed by atoms with van der Waals surface area (Å²) >= 11 is 1.66. The van der Waals surface area contributed by atoms with Gasteiger partial charge < -0.3 is 5.11 Å². The monoisotopic (exact) mass is 223 g/mol. The van der Waals surface area contributed by atoms with Crippen molar-refractivity contribution >= 4 is 17.7 Å². The van der Waals surface area contributed by atoms with Crippen LogP contribution in [0.15, 0.2) is 23.4 Å². The zero-order valence-corrected chi connectivity index (χ0v) is 9.17.